The molecule has 5 nitrogen and oxygen atoms in total. The number of hydrogen-bond acceptors (Lipinski definition) is 3. The largest absolute Gasteiger partial charge is 0.331 e. The van der Waals surface area contributed by atoms with E-state index in [1.165, 1.54) is 18.3 Å². The summed E-state index contributed by atoms with van der Waals surface area (Å²) in [4.78, 5) is 33.1. The molecular weight excluding hydrogens is 297 g/mol. The topological polar surface area (TPSA) is 66.1 Å². The minimum atomic E-state index is -0.418. The van der Waals surface area contributed by atoms with Gasteiger partial charge in [0.15, 0.2) is 0 Å². The Kier molecular flexibility index (Phi) is 3.98. The second-order valence-electron chi connectivity index (χ2n) is 6.02. The van der Waals surface area contributed by atoms with Gasteiger partial charge in [0.1, 0.15) is 17.2 Å². The fourth-order valence-electron chi connectivity index (χ4n) is 2.67. The van der Waals surface area contributed by atoms with Crippen LogP contribution < -0.4 is 5.56 Å². The molecule has 0 aliphatic carbocycles. The van der Waals surface area contributed by atoms with Gasteiger partial charge in [0.05, 0.1) is 6.04 Å². The number of amides is 1. The molecule has 2 heterocycles. The quantitative estimate of drug-likeness (QED) is 0.947. The van der Waals surface area contributed by atoms with Crippen LogP contribution in [0.3, 0.4) is 0 Å². The Morgan fingerprint density at radius 2 is 2.04 bits per heavy atom. The molecule has 6 heteroatoms. The Morgan fingerprint density at radius 1 is 1.35 bits per heavy atom. The second-order valence-corrected chi connectivity index (χ2v) is 6.02. The fraction of sp³-hybridized carbons (Fsp3) is 0.353. The summed E-state index contributed by atoms with van der Waals surface area (Å²) in [5.41, 5.74) is 0.494. The van der Waals surface area contributed by atoms with Crippen molar-refractivity contribution in [3.63, 3.8) is 0 Å². The molecule has 1 fully saturated rings. The number of carbonyl (C=O) groups is 1. The summed E-state index contributed by atoms with van der Waals surface area (Å²) < 4.78 is 13.0. The van der Waals surface area contributed by atoms with Crippen molar-refractivity contribution < 1.29 is 9.18 Å². The number of carbonyl (C=O) groups excluding carboxylic acids is 1. The Morgan fingerprint density at radius 3 is 2.57 bits per heavy atom. The number of benzene rings is 1. The van der Waals surface area contributed by atoms with Crippen LogP contribution in [0, 0.1) is 5.82 Å². The van der Waals surface area contributed by atoms with Gasteiger partial charge in [-0.05, 0) is 24.1 Å². The predicted molar refractivity (Wildman–Crippen MR) is 83.7 cm³/mol. The minimum Gasteiger partial charge on any atom is -0.331 e. The molecule has 1 aromatic heterocycles. The summed E-state index contributed by atoms with van der Waals surface area (Å²) in [6.07, 6.45) is 2.14. The zero-order chi connectivity index (χ0) is 16.6. The van der Waals surface area contributed by atoms with E-state index in [0.29, 0.717) is 12.4 Å². The van der Waals surface area contributed by atoms with Crippen LogP contribution in [0.15, 0.2) is 35.3 Å². The standard InChI is InChI=1S/C17H18FN3O2/c1-10(2)15-19-9-13(16(22)20-15)17(23)21-8-7-14(21)11-3-5-12(18)6-4-11/h3-6,9-10,14H,7-8H2,1-2H3,(H,19,20,22)/t14-/m0/s1. The second kappa shape index (κ2) is 5.95. The van der Waals surface area contributed by atoms with E-state index >= 15 is 0 Å². The minimum absolute atomic E-state index is 0.0428. The number of nitrogens with one attached hydrogen (secondary N) is 1. The lowest BCUT2D eigenvalue weighted by atomic mass is 9.94. The van der Waals surface area contributed by atoms with Gasteiger partial charge in [-0.3, -0.25) is 9.59 Å². The van der Waals surface area contributed by atoms with E-state index in [4.69, 9.17) is 0 Å². The number of halogens is 1. The van der Waals surface area contributed by atoms with Gasteiger partial charge in [-0.1, -0.05) is 26.0 Å². The number of likely N-dealkylation sites (tertiary alicyclic amines) is 1. The van der Waals surface area contributed by atoms with Gasteiger partial charge in [-0.2, -0.15) is 0 Å². The lowest BCUT2D eigenvalue weighted by Crippen LogP contribution is -2.46. The van der Waals surface area contributed by atoms with Crippen LogP contribution in [-0.4, -0.2) is 27.3 Å². The maximum atomic E-state index is 13.0. The number of aromatic amines is 1. The molecule has 1 amide bonds. The van der Waals surface area contributed by atoms with Crippen molar-refractivity contribution in [1.29, 1.82) is 0 Å². The Balaban J connectivity index is 1.83. The van der Waals surface area contributed by atoms with E-state index in [9.17, 15) is 14.0 Å². The predicted octanol–water partition coefficient (Wildman–Crippen LogP) is 2.62. The van der Waals surface area contributed by atoms with Crippen LogP contribution in [0.25, 0.3) is 0 Å². The zero-order valence-electron chi connectivity index (χ0n) is 13.0. The van der Waals surface area contributed by atoms with Crippen LogP contribution in [0.1, 0.15) is 54.0 Å². The highest BCUT2D eigenvalue weighted by molar-refractivity contribution is 5.94. The SMILES string of the molecule is CC(C)c1ncc(C(=O)N2CC[C@H]2c2ccc(F)cc2)c(=O)[nH]1. The van der Waals surface area contributed by atoms with Gasteiger partial charge >= 0.3 is 0 Å². The summed E-state index contributed by atoms with van der Waals surface area (Å²) >= 11 is 0. The van der Waals surface area contributed by atoms with Gasteiger partial charge in [-0.25, -0.2) is 9.37 Å². The molecule has 23 heavy (non-hydrogen) atoms. The van der Waals surface area contributed by atoms with Crippen molar-refractivity contribution in [2.45, 2.75) is 32.2 Å². The van der Waals surface area contributed by atoms with Crippen LogP contribution in [0.4, 0.5) is 4.39 Å². The molecule has 1 saturated heterocycles. The molecule has 3 rings (SSSR count). The van der Waals surface area contributed by atoms with Crippen LogP contribution in [0.5, 0.6) is 0 Å². The van der Waals surface area contributed by atoms with E-state index in [2.05, 4.69) is 9.97 Å². The van der Waals surface area contributed by atoms with E-state index in [0.717, 1.165) is 12.0 Å². The van der Waals surface area contributed by atoms with Gasteiger partial charge in [-0.15, -0.1) is 0 Å². The van der Waals surface area contributed by atoms with E-state index in [-0.39, 0.29) is 29.2 Å². The lowest BCUT2D eigenvalue weighted by molar-refractivity contribution is 0.0458. The number of nitrogens with zero attached hydrogens (tertiary/aromatic N) is 2. The highest BCUT2D eigenvalue weighted by atomic mass is 19.1. The number of hydrogen-bond donors (Lipinski definition) is 1. The van der Waals surface area contributed by atoms with Crippen molar-refractivity contribution >= 4 is 5.91 Å². The molecule has 1 aromatic carbocycles. The fourth-order valence-corrected chi connectivity index (χ4v) is 2.67. The lowest BCUT2D eigenvalue weighted by Gasteiger charge is -2.41. The normalized spacial score (nSPS) is 17.2. The van der Waals surface area contributed by atoms with E-state index in [1.807, 2.05) is 13.8 Å². The average molecular weight is 315 g/mol. The van der Waals surface area contributed by atoms with Crippen molar-refractivity contribution in [3.8, 4) is 0 Å². The number of aromatic nitrogens is 2. The summed E-state index contributed by atoms with van der Waals surface area (Å²) in [6.45, 7) is 4.41. The van der Waals surface area contributed by atoms with Crippen molar-refractivity contribution in [2.24, 2.45) is 0 Å². The highest BCUT2D eigenvalue weighted by Gasteiger charge is 2.35. The molecule has 1 N–H and O–H groups in total. The van der Waals surface area contributed by atoms with Gasteiger partial charge < -0.3 is 9.88 Å². The molecular formula is C17H18FN3O2. The van der Waals surface area contributed by atoms with Gasteiger partial charge in [0.25, 0.3) is 11.5 Å². The third-order valence-corrected chi connectivity index (χ3v) is 4.13. The summed E-state index contributed by atoms with van der Waals surface area (Å²) in [7, 11) is 0. The summed E-state index contributed by atoms with van der Waals surface area (Å²) in [6, 6.07) is 5.98. The maximum Gasteiger partial charge on any atom is 0.263 e. The number of rotatable bonds is 3. The Labute approximate surface area is 133 Å². The smallest absolute Gasteiger partial charge is 0.263 e. The monoisotopic (exact) mass is 315 g/mol. The summed E-state index contributed by atoms with van der Waals surface area (Å²) in [5, 5.41) is 0. The Hall–Kier alpha value is -2.50. The number of H-pyrrole nitrogens is 1. The first-order chi connectivity index (χ1) is 11.0. The molecule has 0 bridgehead atoms. The molecule has 0 radical (unpaired) electrons. The van der Waals surface area contributed by atoms with Gasteiger partial charge in [0, 0.05) is 18.7 Å². The van der Waals surface area contributed by atoms with Crippen molar-refractivity contribution in [1.82, 2.24) is 14.9 Å². The van der Waals surface area contributed by atoms with Crippen LogP contribution >= 0.6 is 0 Å². The first-order valence-corrected chi connectivity index (χ1v) is 7.63. The summed E-state index contributed by atoms with van der Waals surface area (Å²) in [5.74, 6) is -0.00133. The van der Waals surface area contributed by atoms with Crippen molar-refractivity contribution in [2.75, 3.05) is 6.54 Å². The first-order valence-electron chi connectivity index (χ1n) is 7.63. The highest BCUT2D eigenvalue weighted by Crippen LogP contribution is 2.34. The van der Waals surface area contributed by atoms with E-state index < -0.39 is 5.56 Å². The molecule has 120 valence electrons. The third-order valence-electron chi connectivity index (χ3n) is 4.13. The molecule has 0 saturated carbocycles. The van der Waals surface area contributed by atoms with Crippen LogP contribution in [0.2, 0.25) is 0 Å². The molecule has 1 aliphatic rings. The van der Waals surface area contributed by atoms with Crippen molar-refractivity contribution in [3.05, 3.63) is 63.6 Å². The molecule has 0 unspecified atom stereocenters. The maximum absolute atomic E-state index is 13.0. The Bertz CT molecular complexity index is 783. The van der Waals surface area contributed by atoms with Gasteiger partial charge in [0.2, 0.25) is 0 Å². The first kappa shape index (κ1) is 15.4. The molecule has 1 aliphatic heterocycles. The molecule has 0 spiro atoms. The third kappa shape index (κ3) is 2.88. The molecule has 2 aromatic rings. The van der Waals surface area contributed by atoms with Crippen LogP contribution in [-0.2, 0) is 0 Å². The van der Waals surface area contributed by atoms with E-state index in [1.54, 1.807) is 17.0 Å². The molecule has 1 atom stereocenters. The zero-order valence-corrected chi connectivity index (χ0v) is 13.0. The average Bonchev–Trinajstić information content (AvgIpc) is 2.48.